The van der Waals surface area contributed by atoms with Gasteiger partial charge in [-0.1, -0.05) is 48.2 Å². The minimum Gasteiger partial charge on any atom is -0.494 e. The standard InChI is InChI=1S/C18H18N4OS/c19-13-14-6-4-9-16(12-14)23-10-5-11-24-18(21)22-17(20)15-7-2-1-3-8-15/h1-4,6-9,12H,5,10-11H2,(H3,20,21,22). The van der Waals surface area contributed by atoms with Gasteiger partial charge in [-0.2, -0.15) is 5.26 Å². The van der Waals surface area contributed by atoms with Crippen molar-refractivity contribution in [2.45, 2.75) is 6.42 Å². The number of aliphatic imine (C=N–C) groups is 1. The molecule has 6 heteroatoms. The van der Waals surface area contributed by atoms with Crippen LogP contribution in [0.25, 0.3) is 0 Å². The first-order chi connectivity index (χ1) is 11.7. The summed E-state index contributed by atoms with van der Waals surface area (Å²) in [7, 11) is 0. The monoisotopic (exact) mass is 338 g/mol. The van der Waals surface area contributed by atoms with Crippen LogP contribution in [0.5, 0.6) is 5.75 Å². The van der Waals surface area contributed by atoms with Gasteiger partial charge in [0, 0.05) is 11.3 Å². The molecule has 0 bridgehead atoms. The third-order valence-electron chi connectivity index (χ3n) is 3.05. The zero-order valence-corrected chi connectivity index (χ0v) is 13.9. The summed E-state index contributed by atoms with van der Waals surface area (Å²) >= 11 is 1.33. The molecule has 2 rings (SSSR count). The Morgan fingerprint density at radius 3 is 2.75 bits per heavy atom. The van der Waals surface area contributed by atoms with Gasteiger partial charge in [0.15, 0.2) is 5.17 Å². The van der Waals surface area contributed by atoms with E-state index in [1.807, 2.05) is 36.4 Å². The molecule has 0 aliphatic carbocycles. The largest absolute Gasteiger partial charge is 0.494 e. The number of rotatable bonds is 6. The van der Waals surface area contributed by atoms with Crippen molar-refractivity contribution in [3.63, 3.8) is 0 Å². The second kappa shape index (κ2) is 9.38. The minimum absolute atomic E-state index is 0.183. The molecule has 5 nitrogen and oxygen atoms in total. The van der Waals surface area contributed by atoms with Crippen molar-refractivity contribution in [1.82, 2.24) is 0 Å². The molecule has 0 fully saturated rings. The normalized spacial score (nSPS) is 10.9. The van der Waals surface area contributed by atoms with E-state index in [1.54, 1.807) is 18.2 Å². The second-order valence-electron chi connectivity index (χ2n) is 4.86. The summed E-state index contributed by atoms with van der Waals surface area (Å²) in [6, 6.07) is 18.5. The number of thioether (sulfide) groups is 1. The summed E-state index contributed by atoms with van der Waals surface area (Å²) in [4.78, 5) is 4.09. The number of nitriles is 1. The van der Waals surface area contributed by atoms with Crippen LogP contribution in [0.3, 0.4) is 0 Å². The van der Waals surface area contributed by atoms with Crippen molar-refractivity contribution >= 4 is 22.8 Å². The number of nitrogens with two attached hydrogens (primary N) is 1. The van der Waals surface area contributed by atoms with E-state index in [4.69, 9.17) is 21.1 Å². The van der Waals surface area contributed by atoms with Crippen LogP contribution in [0.4, 0.5) is 0 Å². The molecule has 0 amide bonds. The summed E-state index contributed by atoms with van der Waals surface area (Å²) in [6.07, 6.45) is 0.768. The zero-order valence-electron chi connectivity index (χ0n) is 13.1. The highest BCUT2D eigenvalue weighted by molar-refractivity contribution is 8.13. The summed E-state index contributed by atoms with van der Waals surface area (Å²) < 4.78 is 5.59. The van der Waals surface area contributed by atoms with Crippen LogP contribution >= 0.6 is 11.8 Å². The van der Waals surface area contributed by atoms with Crippen LogP contribution in [0.1, 0.15) is 17.5 Å². The zero-order chi connectivity index (χ0) is 17.2. The summed E-state index contributed by atoms with van der Waals surface area (Å²) in [5.41, 5.74) is 7.26. The molecule has 0 heterocycles. The number of hydrogen-bond acceptors (Lipinski definition) is 4. The lowest BCUT2D eigenvalue weighted by molar-refractivity contribution is 0.318. The molecular formula is C18H18N4OS. The molecule has 0 aliphatic heterocycles. The molecule has 0 aromatic heterocycles. The van der Waals surface area contributed by atoms with Gasteiger partial charge in [0.2, 0.25) is 0 Å². The van der Waals surface area contributed by atoms with Crippen LogP contribution < -0.4 is 10.5 Å². The number of ether oxygens (including phenoxy) is 1. The van der Waals surface area contributed by atoms with Crippen molar-refractivity contribution in [2.75, 3.05) is 12.4 Å². The Bertz CT molecular complexity index is 753. The molecule has 0 radical (unpaired) electrons. The van der Waals surface area contributed by atoms with Gasteiger partial charge in [-0.15, -0.1) is 0 Å². The van der Waals surface area contributed by atoms with Crippen molar-refractivity contribution in [2.24, 2.45) is 10.7 Å². The van der Waals surface area contributed by atoms with Gasteiger partial charge in [-0.3, -0.25) is 5.41 Å². The molecule has 0 saturated heterocycles. The van der Waals surface area contributed by atoms with Crippen LogP contribution in [-0.2, 0) is 0 Å². The van der Waals surface area contributed by atoms with Gasteiger partial charge in [-0.25, -0.2) is 4.99 Å². The van der Waals surface area contributed by atoms with Crippen molar-refractivity contribution in [1.29, 1.82) is 10.7 Å². The molecule has 24 heavy (non-hydrogen) atoms. The van der Waals surface area contributed by atoms with E-state index >= 15 is 0 Å². The lowest BCUT2D eigenvalue weighted by atomic mass is 10.2. The number of benzene rings is 2. The van der Waals surface area contributed by atoms with Crippen LogP contribution in [0.2, 0.25) is 0 Å². The maximum Gasteiger partial charge on any atom is 0.182 e. The Morgan fingerprint density at radius 2 is 2.00 bits per heavy atom. The molecule has 122 valence electrons. The summed E-state index contributed by atoms with van der Waals surface area (Å²) in [5, 5.41) is 16.9. The fourth-order valence-corrected chi connectivity index (χ4v) is 2.51. The third-order valence-corrected chi connectivity index (χ3v) is 3.91. The van der Waals surface area contributed by atoms with E-state index < -0.39 is 0 Å². The van der Waals surface area contributed by atoms with Gasteiger partial charge >= 0.3 is 0 Å². The van der Waals surface area contributed by atoms with E-state index in [2.05, 4.69) is 11.1 Å². The van der Waals surface area contributed by atoms with Gasteiger partial charge in [0.05, 0.1) is 18.2 Å². The highest BCUT2D eigenvalue weighted by Gasteiger charge is 2.01. The van der Waals surface area contributed by atoms with E-state index in [1.165, 1.54) is 11.8 Å². The molecule has 0 atom stereocenters. The molecule has 0 spiro atoms. The van der Waals surface area contributed by atoms with Crippen molar-refractivity contribution in [3.05, 3.63) is 65.7 Å². The van der Waals surface area contributed by atoms with E-state index in [9.17, 15) is 0 Å². The van der Waals surface area contributed by atoms with Crippen LogP contribution in [0.15, 0.2) is 59.6 Å². The number of amidine groups is 2. The van der Waals surface area contributed by atoms with Crippen molar-refractivity contribution < 1.29 is 4.74 Å². The van der Waals surface area contributed by atoms with E-state index in [0.29, 0.717) is 29.5 Å². The topological polar surface area (TPSA) is 95.2 Å². The van der Waals surface area contributed by atoms with Gasteiger partial charge in [0.25, 0.3) is 0 Å². The Labute approximate surface area is 145 Å². The summed E-state index contributed by atoms with van der Waals surface area (Å²) in [5.74, 6) is 1.74. The van der Waals surface area contributed by atoms with Gasteiger partial charge in [0.1, 0.15) is 11.6 Å². The highest BCUT2D eigenvalue weighted by atomic mass is 32.2. The number of hydrogen-bond donors (Lipinski definition) is 2. The Kier molecular flexibility index (Phi) is 6.87. The van der Waals surface area contributed by atoms with Gasteiger partial charge in [-0.05, 0) is 24.6 Å². The molecule has 3 N–H and O–H groups in total. The average Bonchev–Trinajstić information content (AvgIpc) is 2.62. The highest BCUT2D eigenvalue weighted by Crippen LogP contribution is 2.13. The SMILES string of the molecule is N#Cc1cccc(OCCCSC(=N)/N=C(\N)c2ccccc2)c1. The first-order valence-electron chi connectivity index (χ1n) is 7.43. The average molecular weight is 338 g/mol. The van der Waals surface area contributed by atoms with Crippen LogP contribution in [0, 0.1) is 16.7 Å². The second-order valence-corrected chi connectivity index (χ2v) is 5.94. The molecule has 0 aliphatic rings. The Balaban J connectivity index is 1.70. The minimum atomic E-state index is 0.183. The van der Waals surface area contributed by atoms with E-state index in [0.717, 1.165) is 12.0 Å². The summed E-state index contributed by atoms with van der Waals surface area (Å²) in [6.45, 7) is 0.521. The smallest absolute Gasteiger partial charge is 0.182 e. The molecule has 2 aromatic rings. The lowest BCUT2D eigenvalue weighted by Crippen LogP contribution is -2.14. The molecule has 0 saturated carbocycles. The maximum absolute atomic E-state index is 8.83. The van der Waals surface area contributed by atoms with Crippen molar-refractivity contribution in [3.8, 4) is 11.8 Å². The number of nitrogens with zero attached hydrogens (tertiary/aromatic N) is 2. The molecular weight excluding hydrogens is 320 g/mol. The predicted molar refractivity (Wildman–Crippen MR) is 98.6 cm³/mol. The lowest BCUT2D eigenvalue weighted by Gasteiger charge is -2.06. The molecule has 0 unspecified atom stereocenters. The molecule has 2 aromatic carbocycles. The quantitative estimate of drug-likeness (QED) is 0.479. The predicted octanol–water partition coefficient (Wildman–Crippen LogP) is 3.40. The first kappa shape index (κ1) is 17.6. The first-order valence-corrected chi connectivity index (χ1v) is 8.41. The van der Waals surface area contributed by atoms with Gasteiger partial charge < -0.3 is 10.5 Å². The van der Waals surface area contributed by atoms with Crippen LogP contribution in [-0.4, -0.2) is 23.4 Å². The fraction of sp³-hybridized carbons (Fsp3) is 0.167. The maximum atomic E-state index is 8.83. The number of nitrogens with one attached hydrogen (secondary N) is 1. The Morgan fingerprint density at radius 1 is 1.21 bits per heavy atom. The van der Waals surface area contributed by atoms with E-state index in [-0.39, 0.29) is 5.17 Å². The Hall–Kier alpha value is -2.78. The third kappa shape index (κ3) is 5.78. The fourth-order valence-electron chi connectivity index (χ4n) is 1.89.